The Labute approximate surface area is 134 Å². The number of piperidine rings is 1. The van der Waals surface area contributed by atoms with Crippen LogP contribution in [0.4, 0.5) is 5.69 Å². The maximum Gasteiger partial charge on any atom is 0.227 e. The van der Waals surface area contributed by atoms with Crippen LogP contribution < -0.4 is 4.90 Å². The smallest absolute Gasteiger partial charge is 0.227 e. The Hall–Kier alpha value is -1.51. The van der Waals surface area contributed by atoms with Crippen LogP contribution in [0.3, 0.4) is 0 Å². The molecule has 1 unspecified atom stereocenters. The van der Waals surface area contributed by atoms with E-state index in [4.69, 9.17) is 23.2 Å². The summed E-state index contributed by atoms with van der Waals surface area (Å²) in [6.45, 7) is 0. The molecule has 0 aromatic heterocycles. The van der Waals surface area contributed by atoms with Crippen molar-refractivity contribution in [3.8, 4) is 0 Å². The fraction of sp³-hybridized carbons (Fsp3) is 0.235. The highest BCUT2D eigenvalue weighted by Gasteiger charge is 2.31. The van der Waals surface area contributed by atoms with Gasteiger partial charge in [-0.1, -0.05) is 47.5 Å². The first-order valence-corrected chi connectivity index (χ1v) is 7.74. The van der Waals surface area contributed by atoms with E-state index in [2.05, 4.69) is 0 Å². The molecule has 108 valence electrons. The van der Waals surface area contributed by atoms with Crippen LogP contribution in [0.1, 0.15) is 30.9 Å². The van der Waals surface area contributed by atoms with Gasteiger partial charge in [-0.15, -0.1) is 0 Å². The number of halogens is 2. The summed E-state index contributed by atoms with van der Waals surface area (Å²) < 4.78 is 0. The Morgan fingerprint density at radius 2 is 1.81 bits per heavy atom. The van der Waals surface area contributed by atoms with Gasteiger partial charge in [0, 0.05) is 22.2 Å². The summed E-state index contributed by atoms with van der Waals surface area (Å²) in [6, 6.07) is 15.2. The molecule has 2 aromatic rings. The van der Waals surface area contributed by atoms with E-state index in [1.54, 1.807) is 6.07 Å². The van der Waals surface area contributed by atoms with Crippen LogP contribution in [0.15, 0.2) is 48.5 Å². The molecule has 1 aliphatic heterocycles. The standard InChI is InChI=1S/C17H15Cl2NO/c18-12-9-10-14(15(19)11-12)16-7-4-8-17(21)20(16)13-5-2-1-3-6-13/h1-3,5-6,9-11,16H,4,7-8H2. The van der Waals surface area contributed by atoms with Crippen LogP contribution in [-0.2, 0) is 4.79 Å². The number of para-hydroxylation sites is 1. The van der Waals surface area contributed by atoms with Crippen molar-refractivity contribution < 1.29 is 4.79 Å². The summed E-state index contributed by atoms with van der Waals surface area (Å²) >= 11 is 12.3. The van der Waals surface area contributed by atoms with Crippen LogP contribution >= 0.6 is 23.2 Å². The van der Waals surface area contributed by atoms with Crippen molar-refractivity contribution >= 4 is 34.8 Å². The molecule has 0 spiro atoms. The van der Waals surface area contributed by atoms with Gasteiger partial charge in [0.15, 0.2) is 0 Å². The highest BCUT2D eigenvalue weighted by molar-refractivity contribution is 6.35. The Balaban J connectivity index is 2.04. The maximum atomic E-state index is 12.4. The Morgan fingerprint density at radius 3 is 2.52 bits per heavy atom. The lowest BCUT2D eigenvalue weighted by molar-refractivity contribution is -0.120. The Morgan fingerprint density at radius 1 is 1.05 bits per heavy atom. The van der Waals surface area contributed by atoms with E-state index in [0.29, 0.717) is 16.5 Å². The summed E-state index contributed by atoms with van der Waals surface area (Å²) in [5.74, 6) is 0.142. The second-order valence-electron chi connectivity index (χ2n) is 5.17. The maximum absolute atomic E-state index is 12.4. The number of carbonyl (C=O) groups is 1. The highest BCUT2D eigenvalue weighted by atomic mass is 35.5. The minimum Gasteiger partial charge on any atom is -0.305 e. The molecule has 0 aliphatic carbocycles. The van der Waals surface area contributed by atoms with Gasteiger partial charge in [0.2, 0.25) is 5.91 Å². The van der Waals surface area contributed by atoms with Crippen LogP contribution in [-0.4, -0.2) is 5.91 Å². The van der Waals surface area contributed by atoms with Gasteiger partial charge >= 0.3 is 0 Å². The lowest BCUT2D eigenvalue weighted by atomic mass is 9.94. The van der Waals surface area contributed by atoms with E-state index in [9.17, 15) is 4.79 Å². The lowest BCUT2D eigenvalue weighted by Gasteiger charge is -2.36. The second kappa shape index (κ2) is 6.08. The monoisotopic (exact) mass is 319 g/mol. The first-order chi connectivity index (χ1) is 10.2. The van der Waals surface area contributed by atoms with E-state index in [1.807, 2.05) is 47.4 Å². The molecule has 1 atom stereocenters. The van der Waals surface area contributed by atoms with Crippen molar-refractivity contribution in [1.29, 1.82) is 0 Å². The van der Waals surface area contributed by atoms with Crippen LogP contribution in [0.5, 0.6) is 0 Å². The summed E-state index contributed by atoms with van der Waals surface area (Å²) in [6.07, 6.45) is 2.37. The lowest BCUT2D eigenvalue weighted by Crippen LogP contribution is -2.38. The fourth-order valence-corrected chi connectivity index (χ4v) is 3.38. The number of nitrogens with zero attached hydrogens (tertiary/aromatic N) is 1. The number of amides is 1. The van der Waals surface area contributed by atoms with Crippen molar-refractivity contribution in [1.82, 2.24) is 0 Å². The van der Waals surface area contributed by atoms with Crippen molar-refractivity contribution in [3.63, 3.8) is 0 Å². The molecule has 0 N–H and O–H groups in total. The Bertz CT molecular complexity index is 657. The third-order valence-electron chi connectivity index (χ3n) is 3.80. The highest BCUT2D eigenvalue weighted by Crippen LogP contribution is 2.39. The summed E-state index contributed by atoms with van der Waals surface area (Å²) in [4.78, 5) is 14.3. The molecule has 1 aliphatic rings. The molecule has 21 heavy (non-hydrogen) atoms. The summed E-state index contributed by atoms with van der Waals surface area (Å²) in [5.41, 5.74) is 1.87. The van der Waals surface area contributed by atoms with E-state index in [-0.39, 0.29) is 11.9 Å². The minimum absolute atomic E-state index is 0.0292. The van der Waals surface area contributed by atoms with Gasteiger partial charge < -0.3 is 4.90 Å². The van der Waals surface area contributed by atoms with Crippen molar-refractivity contribution in [2.75, 3.05) is 4.90 Å². The predicted molar refractivity (Wildman–Crippen MR) is 87.0 cm³/mol. The molecule has 1 heterocycles. The first-order valence-electron chi connectivity index (χ1n) is 6.99. The SMILES string of the molecule is O=C1CCCC(c2ccc(Cl)cc2Cl)N1c1ccccc1. The number of rotatable bonds is 2. The topological polar surface area (TPSA) is 20.3 Å². The van der Waals surface area contributed by atoms with E-state index in [1.165, 1.54) is 0 Å². The molecule has 3 rings (SSSR count). The molecule has 2 nitrogen and oxygen atoms in total. The largest absolute Gasteiger partial charge is 0.305 e. The van der Waals surface area contributed by atoms with Crippen molar-refractivity contribution in [2.45, 2.75) is 25.3 Å². The normalized spacial score (nSPS) is 18.9. The molecular formula is C17H15Cl2NO. The average molecular weight is 320 g/mol. The van der Waals surface area contributed by atoms with Gasteiger partial charge in [-0.3, -0.25) is 4.79 Å². The van der Waals surface area contributed by atoms with Crippen molar-refractivity contribution in [3.05, 3.63) is 64.1 Å². The third kappa shape index (κ3) is 2.92. The molecule has 1 fully saturated rings. The zero-order chi connectivity index (χ0) is 14.8. The fourth-order valence-electron chi connectivity index (χ4n) is 2.85. The number of hydrogen-bond donors (Lipinski definition) is 0. The van der Waals surface area contributed by atoms with Gasteiger partial charge in [-0.05, 0) is 42.7 Å². The number of benzene rings is 2. The van der Waals surface area contributed by atoms with E-state index in [0.717, 1.165) is 24.1 Å². The molecule has 1 amide bonds. The first kappa shape index (κ1) is 14.4. The van der Waals surface area contributed by atoms with Crippen LogP contribution in [0.2, 0.25) is 10.0 Å². The quantitative estimate of drug-likeness (QED) is 0.740. The molecular weight excluding hydrogens is 305 g/mol. The van der Waals surface area contributed by atoms with Gasteiger partial charge in [-0.25, -0.2) is 0 Å². The average Bonchev–Trinajstić information content (AvgIpc) is 2.48. The molecule has 0 bridgehead atoms. The van der Waals surface area contributed by atoms with Crippen LogP contribution in [0.25, 0.3) is 0 Å². The van der Waals surface area contributed by atoms with Gasteiger partial charge in [-0.2, -0.15) is 0 Å². The zero-order valence-corrected chi connectivity index (χ0v) is 12.9. The number of carbonyl (C=O) groups excluding carboxylic acids is 1. The van der Waals surface area contributed by atoms with Gasteiger partial charge in [0.25, 0.3) is 0 Å². The number of anilines is 1. The molecule has 0 radical (unpaired) electrons. The number of hydrogen-bond acceptors (Lipinski definition) is 1. The van der Waals surface area contributed by atoms with E-state index < -0.39 is 0 Å². The molecule has 0 saturated carbocycles. The third-order valence-corrected chi connectivity index (χ3v) is 4.37. The second-order valence-corrected chi connectivity index (χ2v) is 6.02. The van der Waals surface area contributed by atoms with E-state index >= 15 is 0 Å². The molecule has 1 saturated heterocycles. The Kier molecular flexibility index (Phi) is 4.18. The summed E-state index contributed by atoms with van der Waals surface area (Å²) in [5, 5.41) is 1.22. The predicted octanol–water partition coefficient (Wildman–Crippen LogP) is 5.25. The summed E-state index contributed by atoms with van der Waals surface area (Å²) in [7, 11) is 0. The van der Waals surface area contributed by atoms with Crippen LogP contribution in [0, 0.1) is 0 Å². The minimum atomic E-state index is -0.0292. The van der Waals surface area contributed by atoms with Gasteiger partial charge in [0.05, 0.1) is 6.04 Å². The molecule has 2 aromatic carbocycles. The molecule has 4 heteroatoms. The van der Waals surface area contributed by atoms with Crippen molar-refractivity contribution in [2.24, 2.45) is 0 Å². The van der Waals surface area contributed by atoms with Gasteiger partial charge in [0.1, 0.15) is 0 Å². The zero-order valence-electron chi connectivity index (χ0n) is 11.4.